The second-order valence-electron chi connectivity index (χ2n) is 29.1. The topological polar surface area (TPSA) is 111 Å². The third-order valence-electron chi connectivity index (χ3n) is 23.0. The van der Waals surface area contributed by atoms with E-state index in [4.69, 9.17) is 56.2 Å². The Balaban J connectivity index is 0.831. The maximum atomic E-state index is 7.40. The zero-order valence-corrected chi connectivity index (χ0v) is 53.7. The second-order valence-corrected chi connectivity index (χ2v) is 29.1. The van der Waals surface area contributed by atoms with Crippen molar-refractivity contribution in [3.63, 3.8) is 0 Å². The van der Waals surface area contributed by atoms with Crippen molar-refractivity contribution in [2.75, 3.05) is 28.4 Å². The molecule has 16 heteroatoms. The highest BCUT2D eigenvalue weighted by atomic mass is 16.7. The standard InChI is InChI=1S/C76H68B4O12/c1-73(2)49-33-46-50-34-45(49)61-69(73)89-77(85-61)53-29-37-21-13-17-25-41(37)57(65(53)81-9)58-42-26-18-14-23-39(42)31-55(67(58)83-11)79-87-63-47-35-52-48(36-51(47)75(5,6)71(63)91-79)64-72(76(52,7)8)92-80(88-64)56-32-40-24-16-20-28-44(40)60(68(56)84-12)59-43-27-19-15-22-38(43)30-54(66(59)82-10)78-86-62(46)70(90-78)74(50,3)4/h13-36,61-64,69-72H,1-12H3/t61-,62-,63+,64+,69-,70-,71+,72+. The van der Waals surface area contributed by atoms with Gasteiger partial charge in [0.25, 0.3) is 0 Å². The quantitative estimate of drug-likeness (QED) is 0.156. The fourth-order valence-corrected chi connectivity index (χ4v) is 18.5. The molecule has 17 heterocycles. The first kappa shape index (κ1) is 56.0. The van der Waals surface area contributed by atoms with Crippen LogP contribution >= 0.6 is 0 Å². The maximum Gasteiger partial charge on any atom is 0.498 e. The van der Waals surface area contributed by atoms with Gasteiger partial charge in [-0.2, -0.15) is 0 Å². The number of rotatable bonds is 4. The number of benzene rings is 10. The van der Waals surface area contributed by atoms with Crippen molar-refractivity contribution >= 4 is 93.4 Å². The van der Waals surface area contributed by atoms with E-state index in [0.29, 0.717) is 23.0 Å². The Kier molecular flexibility index (Phi) is 11.6. The number of fused-ring (bicyclic) bond motifs is 4. The van der Waals surface area contributed by atoms with Crippen LogP contribution in [0.4, 0.5) is 0 Å². The van der Waals surface area contributed by atoms with Crippen LogP contribution in [0.3, 0.4) is 0 Å². The summed E-state index contributed by atoms with van der Waals surface area (Å²) >= 11 is 0. The van der Waals surface area contributed by atoms with Gasteiger partial charge in [-0.05, 0) is 87.6 Å². The lowest BCUT2D eigenvalue weighted by molar-refractivity contribution is 0.113. The van der Waals surface area contributed by atoms with E-state index in [-0.39, 0.29) is 48.8 Å². The van der Waals surface area contributed by atoms with Gasteiger partial charge in [0, 0.05) is 65.8 Å². The lowest BCUT2D eigenvalue weighted by Crippen LogP contribution is -2.39. The average molecular weight is 1220 g/mol. The van der Waals surface area contributed by atoms with Crippen molar-refractivity contribution in [1.82, 2.24) is 0 Å². The summed E-state index contributed by atoms with van der Waals surface area (Å²) in [5.74, 6) is 2.56. The van der Waals surface area contributed by atoms with E-state index >= 15 is 0 Å². The van der Waals surface area contributed by atoms with Crippen molar-refractivity contribution in [2.45, 2.75) is 126 Å². The van der Waals surface area contributed by atoms with Gasteiger partial charge < -0.3 is 56.2 Å². The molecule has 31 rings (SSSR count). The number of hydrogen-bond donors (Lipinski definition) is 0. The molecule has 10 aromatic carbocycles. The predicted octanol–water partition coefficient (Wildman–Crippen LogP) is 12.6. The second kappa shape index (κ2) is 19.0. The van der Waals surface area contributed by atoms with Crippen LogP contribution in [0.15, 0.2) is 146 Å². The van der Waals surface area contributed by atoms with Crippen LogP contribution < -0.4 is 40.8 Å². The molecule has 0 unspecified atom stereocenters. The maximum absolute atomic E-state index is 7.40. The van der Waals surface area contributed by atoms with Gasteiger partial charge in [0.2, 0.25) is 0 Å². The largest absolute Gasteiger partial charge is 0.498 e. The van der Waals surface area contributed by atoms with E-state index in [1.165, 1.54) is 22.3 Å². The predicted molar refractivity (Wildman–Crippen MR) is 361 cm³/mol. The summed E-state index contributed by atoms with van der Waals surface area (Å²) in [7, 11) is 3.84. The van der Waals surface area contributed by atoms with E-state index in [2.05, 4.69) is 201 Å². The van der Waals surface area contributed by atoms with E-state index in [1.807, 2.05) is 0 Å². The van der Waals surface area contributed by atoms with E-state index < -0.39 is 50.1 Å². The Morgan fingerprint density at radius 3 is 0.696 bits per heavy atom. The lowest BCUT2D eigenvalue weighted by Gasteiger charge is -2.29. The van der Waals surface area contributed by atoms with Crippen LogP contribution in [0.5, 0.6) is 23.0 Å². The summed E-state index contributed by atoms with van der Waals surface area (Å²) in [6.45, 7) is 18.2. The highest BCUT2D eigenvalue weighted by Gasteiger charge is 2.63. The molecule has 4 aliphatic carbocycles. The SMILES string of the molecule is COc1c2cc3ccccc3c1-c1c(OC)c(cc3ccccc13)B1O[C@H]3c4cc5c(cc4C(C)(C)[C@H]3O1)[C@@H]1OB(O[C@@H]1C5(C)C)c1cc3ccccc3c(c1OC)-c1c(OC)c(cc3ccccc13)B1O[C@@H]3c4cc5c(cc4C(C)(C)[C@@H]3O1)[C@H]1OB2O[C@H]1C5(C)C. The van der Waals surface area contributed by atoms with Crippen LogP contribution in [0.1, 0.15) is 124 Å². The molecule has 0 N–H and O–H groups in total. The summed E-state index contributed by atoms with van der Waals surface area (Å²) in [6.07, 6.45) is -2.88. The normalized spacial score (nSPS) is 25.5. The Morgan fingerprint density at radius 2 is 0.489 bits per heavy atom. The molecule has 28 bridgehead atoms. The van der Waals surface area contributed by atoms with Gasteiger partial charge in [-0.25, -0.2) is 0 Å². The minimum atomic E-state index is -0.783. The molecule has 0 aromatic heterocycles. The first-order valence-electron chi connectivity index (χ1n) is 32.4. The number of methoxy groups -OCH3 is 4. The first-order chi connectivity index (χ1) is 44.4. The third-order valence-corrected chi connectivity index (χ3v) is 23.0. The Bertz CT molecular complexity index is 4320. The smallest absolute Gasteiger partial charge is 0.496 e. The van der Waals surface area contributed by atoms with Crippen LogP contribution in [-0.2, 0) is 58.9 Å². The molecule has 4 fully saturated rings. The fraction of sp³-hybridized carbons (Fsp3) is 0.316. The van der Waals surface area contributed by atoms with Crippen molar-refractivity contribution in [3.8, 4) is 45.3 Å². The molecule has 456 valence electrons. The summed E-state index contributed by atoms with van der Waals surface area (Å²) in [5, 5.41) is 7.99. The van der Waals surface area contributed by atoms with Gasteiger partial charge in [-0.15, -0.1) is 0 Å². The van der Waals surface area contributed by atoms with Crippen molar-refractivity contribution < 1.29 is 56.2 Å². The molecule has 8 atom stereocenters. The molecule has 4 saturated heterocycles. The number of ether oxygens (including phenoxy) is 4. The molecule has 21 aliphatic rings. The molecule has 17 aliphatic heterocycles. The van der Waals surface area contributed by atoms with Gasteiger partial charge in [0.15, 0.2) is 0 Å². The lowest BCUT2D eigenvalue weighted by atomic mass is 9.72. The van der Waals surface area contributed by atoms with Crippen LogP contribution in [0, 0.1) is 0 Å². The highest BCUT2D eigenvalue weighted by Crippen LogP contribution is 2.62. The van der Waals surface area contributed by atoms with E-state index in [0.717, 1.165) is 109 Å². The molecule has 10 aromatic rings. The van der Waals surface area contributed by atoms with E-state index in [9.17, 15) is 0 Å². The summed E-state index contributed by atoms with van der Waals surface area (Å²) < 4.78 is 86.1. The summed E-state index contributed by atoms with van der Waals surface area (Å²) in [5.41, 5.74) is 13.8. The average Bonchev–Trinajstić information content (AvgIpc) is 1.41. The van der Waals surface area contributed by atoms with Crippen molar-refractivity contribution in [1.29, 1.82) is 0 Å². The minimum absolute atomic E-state index is 0.334. The van der Waals surface area contributed by atoms with E-state index in [1.54, 1.807) is 28.4 Å². The molecule has 12 nitrogen and oxygen atoms in total. The highest BCUT2D eigenvalue weighted by molar-refractivity contribution is 6.66. The van der Waals surface area contributed by atoms with Gasteiger partial charge in [-0.1, -0.05) is 201 Å². The Hall–Kier alpha value is -7.62. The number of hydrogen-bond acceptors (Lipinski definition) is 12. The molecule has 92 heavy (non-hydrogen) atoms. The van der Waals surface area contributed by atoms with Crippen LogP contribution in [0.25, 0.3) is 65.3 Å². The zero-order valence-electron chi connectivity index (χ0n) is 53.7. The molecule has 0 spiro atoms. The molecule has 0 saturated carbocycles. The van der Waals surface area contributed by atoms with Gasteiger partial charge >= 0.3 is 28.5 Å². The van der Waals surface area contributed by atoms with Gasteiger partial charge in [0.1, 0.15) is 23.0 Å². The Labute approximate surface area is 536 Å². The molecule has 0 amide bonds. The summed E-state index contributed by atoms with van der Waals surface area (Å²) in [4.78, 5) is 0. The van der Waals surface area contributed by atoms with Crippen LogP contribution in [0.2, 0.25) is 0 Å². The van der Waals surface area contributed by atoms with Crippen molar-refractivity contribution in [3.05, 3.63) is 190 Å². The first-order valence-corrected chi connectivity index (χ1v) is 32.4. The third kappa shape index (κ3) is 7.14. The van der Waals surface area contributed by atoms with Gasteiger partial charge in [-0.3, -0.25) is 0 Å². The zero-order chi connectivity index (χ0) is 62.5. The Morgan fingerprint density at radius 1 is 0.283 bits per heavy atom. The molecular weight excluding hydrogens is 1150 g/mol. The fourth-order valence-electron chi connectivity index (χ4n) is 18.5. The van der Waals surface area contributed by atoms with Crippen LogP contribution in [-0.4, -0.2) is 81.3 Å². The summed E-state index contributed by atoms with van der Waals surface area (Å²) in [6, 6.07) is 52.0. The minimum Gasteiger partial charge on any atom is -0.496 e. The van der Waals surface area contributed by atoms with Gasteiger partial charge in [0.05, 0.1) is 77.3 Å². The monoisotopic (exact) mass is 1220 g/mol. The van der Waals surface area contributed by atoms with Crippen molar-refractivity contribution in [2.24, 2.45) is 0 Å². The molecular formula is C76H68B4O12. The molecule has 0 radical (unpaired) electrons.